The summed E-state index contributed by atoms with van der Waals surface area (Å²) >= 11 is 0. The third-order valence-electron chi connectivity index (χ3n) is 6.98. The van der Waals surface area contributed by atoms with Crippen LogP contribution in [0.15, 0.2) is 34.9 Å². The Morgan fingerprint density at radius 3 is 2.85 bits per heavy atom. The largest absolute Gasteiger partial charge is 0.395 e. The molecule has 7 heteroatoms. The van der Waals surface area contributed by atoms with Crippen LogP contribution in [0.2, 0.25) is 0 Å². The number of nitrogens with zero attached hydrogens (tertiary/aromatic N) is 3. The second-order valence-corrected chi connectivity index (χ2v) is 9.21. The van der Waals surface area contributed by atoms with Crippen molar-refractivity contribution >= 4 is 28.1 Å². The van der Waals surface area contributed by atoms with Crippen LogP contribution in [0.1, 0.15) is 42.6 Å². The molecule has 2 heterocycles. The zero-order valence-corrected chi connectivity index (χ0v) is 19.4. The van der Waals surface area contributed by atoms with Crippen molar-refractivity contribution in [1.82, 2.24) is 10.1 Å². The number of carbonyl (C=O) groups excluding carboxylic acids is 1. The Kier molecular flexibility index (Phi) is 6.08. The normalized spacial score (nSPS) is 17.6. The van der Waals surface area contributed by atoms with Crippen LogP contribution in [0, 0.1) is 5.92 Å². The highest BCUT2D eigenvalue weighted by atomic mass is 16.5. The van der Waals surface area contributed by atoms with Gasteiger partial charge in [0.15, 0.2) is 11.5 Å². The lowest BCUT2D eigenvalue weighted by Gasteiger charge is -2.33. The molecule has 2 N–H and O–H groups in total. The topological polar surface area (TPSA) is 81.8 Å². The Balaban J connectivity index is 1.60. The van der Waals surface area contributed by atoms with Crippen molar-refractivity contribution in [1.29, 1.82) is 0 Å². The number of piperidine rings is 1. The van der Waals surface area contributed by atoms with E-state index in [4.69, 9.17) is 4.52 Å². The summed E-state index contributed by atoms with van der Waals surface area (Å²) in [6, 6.07) is 9.71. The predicted octanol–water partition coefficient (Wildman–Crippen LogP) is 4.00. The van der Waals surface area contributed by atoms with E-state index in [2.05, 4.69) is 40.2 Å². The molecule has 1 aromatic heterocycles. The van der Waals surface area contributed by atoms with Crippen LogP contribution >= 0.6 is 0 Å². The quantitative estimate of drug-likeness (QED) is 0.422. The van der Waals surface area contributed by atoms with Crippen LogP contribution in [-0.4, -0.2) is 66.8 Å². The first-order valence-corrected chi connectivity index (χ1v) is 12.0. The average Bonchev–Trinajstić information content (AvgIpc) is 3.27. The first-order chi connectivity index (χ1) is 16.1. The number of hydrogen-bond acceptors (Lipinski definition) is 7. The van der Waals surface area contributed by atoms with Gasteiger partial charge in [0.2, 0.25) is 0 Å². The highest BCUT2D eigenvalue weighted by Crippen LogP contribution is 2.46. The van der Waals surface area contributed by atoms with Crippen LogP contribution in [-0.2, 0) is 0 Å². The summed E-state index contributed by atoms with van der Waals surface area (Å²) in [5.74, 6) is 1.30. The molecule has 1 aliphatic heterocycles. The van der Waals surface area contributed by atoms with E-state index < -0.39 is 0 Å². The van der Waals surface area contributed by atoms with E-state index >= 15 is 0 Å². The third-order valence-corrected chi connectivity index (χ3v) is 6.98. The first kappa shape index (κ1) is 21.9. The van der Waals surface area contributed by atoms with Crippen LogP contribution in [0.3, 0.4) is 0 Å². The summed E-state index contributed by atoms with van der Waals surface area (Å²) in [7, 11) is 0. The molecular formula is C26H32N4O3. The molecule has 1 fully saturated rings. The van der Waals surface area contributed by atoms with Gasteiger partial charge in [0.25, 0.3) is 0 Å². The molecular weight excluding hydrogens is 416 g/mol. The van der Waals surface area contributed by atoms with E-state index in [0.29, 0.717) is 35.9 Å². The lowest BCUT2D eigenvalue weighted by Crippen LogP contribution is -2.34. The van der Waals surface area contributed by atoms with Gasteiger partial charge in [-0.3, -0.25) is 9.69 Å². The van der Waals surface area contributed by atoms with Gasteiger partial charge >= 0.3 is 0 Å². The molecule has 0 amide bonds. The van der Waals surface area contributed by atoms with E-state index in [1.807, 2.05) is 24.3 Å². The minimum atomic E-state index is 0.00932. The first-order valence-electron chi connectivity index (χ1n) is 12.0. The number of ketones is 1. The van der Waals surface area contributed by atoms with E-state index in [9.17, 15) is 9.90 Å². The number of hydrogen-bond donors (Lipinski definition) is 2. The van der Waals surface area contributed by atoms with E-state index in [0.717, 1.165) is 60.4 Å². The van der Waals surface area contributed by atoms with Gasteiger partial charge in [-0.2, -0.15) is 0 Å². The number of anilines is 2. The molecule has 33 heavy (non-hydrogen) atoms. The van der Waals surface area contributed by atoms with Crippen LogP contribution in [0.25, 0.3) is 22.2 Å². The fourth-order valence-corrected chi connectivity index (χ4v) is 5.25. The zero-order valence-electron chi connectivity index (χ0n) is 19.4. The number of rotatable bonds is 8. The molecule has 174 valence electrons. The Morgan fingerprint density at radius 2 is 2.09 bits per heavy atom. The summed E-state index contributed by atoms with van der Waals surface area (Å²) in [6.45, 7) is 9.44. The standard InChI is InChI=1S/C26H32N4O3/c1-3-29(13-14-31)12-10-27-20-15-21(30-11-6-7-17(2)16-30)24-23-22(20)25(32)18-8-4-5-9-19(18)26(23)33-28-24/h4-5,8-9,15,17,27,31H,3,6-7,10-14,16H2,1-2H3/t17-/m0/s1. The summed E-state index contributed by atoms with van der Waals surface area (Å²) in [5, 5.41) is 18.1. The van der Waals surface area contributed by atoms with Crippen molar-refractivity contribution in [2.75, 3.05) is 56.1 Å². The van der Waals surface area contributed by atoms with Crippen molar-refractivity contribution in [2.45, 2.75) is 26.7 Å². The van der Waals surface area contributed by atoms with Gasteiger partial charge in [-0.05, 0) is 31.4 Å². The Hall–Kier alpha value is -2.90. The smallest absolute Gasteiger partial charge is 0.196 e. The number of nitrogens with one attached hydrogen (secondary N) is 1. The second-order valence-electron chi connectivity index (χ2n) is 9.21. The van der Waals surface area contributed by atoms with Crippen molar-refractivity contribution in [3.63, 3.8) is 0 Å². The highest BCUT2D eigenvalue weighted by Gasteiger charge is 2.34. The van der Waals surface area contributed by atoms with Gasteiger partial charge in [-0.15, -0.1) is 0 Å². The molecule has 0 radical (unpaired) electrons. The second kappa shape index (κ2) is 9.15. The summed E-state index contributed by atoms with van der Waals surface area (Å²) < 4.78 is 5.88. The molecule has 7 nitrogen and oxygen atoms in total. The summed E-state index contributed by atoms with van der Waals surface area (Å²) in [6.07, 6.45) is 2.38. The number of carbonyl (C=O) groups is 1. The van der Waals surface area contributed by atoms with Gasteiger partial charge in [0.05, 0.1) is 23.2 Å². The van der Waals surface area contributed by atoms with E-state index in [1.54, 1.807) is 0 Å². The number of likely N-dealkylation sites (N-methyl/N-ethyl adjacent to an activating group) is 1. The maximum atomic E-state index is 13.6. The number of aromatic nitrogens is 1. The summed E-state index contributed by atoms with van der Waals surface area (Å²) in [4.78, 5) is 18.2. The molecule has 3 aromatic rings. The number of benzene rings is 2. The molecule has 5 rings (SSSR count). The van der Waals surface area contributed by atoms with Gasteiger partial charge in [0.1, 0.15) is 5.52 Å². The minimum Gasteiger partial charge on any atom is -0.395 e. The maximum Gasteiger partial charge on any atom is 0.196 e. The maximum absolute atomic E-state index is 13.6. The lowest BCUT2D eigenvalue weighted by atomic mass is 9.86. The minimum absolute atomic E-state index is 0.00932. The molecule has 1 aliphatic carbocycles. The molecule has 1 saturated heterocycles. The third kappa shape index (κ3) is 3.89. The van der Waals surface area contributed by atoms with Crippen LogP contribution in [0.4, 0.5) is 11.4 Å². The summed E-state index contributed by atoms with van der Waals surface area (Å²) in [5.41, 5.74) is 4.76. The molecule has 0 spiro atoms. The van der Waals surface area contributed by atoms with Crippen LogP contribution in [0.5, 0.6) is 0 Å². The Labute approximate surface area is 194 Å². The SMILES string of the molecule is CCN(CCO)CCNc1cc(N2CCC[C@H](C)C2)c2noc3c2c1C(=O)c1ccccc1-3. The van der Waals surface area contributed by atoms with Crippen molar-refractivity contribution in [2.24, 2.45) is 5.92 Å². The Morgan fingerprint density at radius 1 is 1.27 bits per heavy atom. The van der Waals surface area contributed by atoms with E-state index in [1.165, 1.54) is 6.42 Å². The van der Waals surface area contributed by atoms with Crippen molar-refractivity contribution < 1.29 is 14.4 Å². The molecule has 2 aliphatic rings. The lowest BCUT2D eigenvalue weighted by molar-refractivity contribution is 0.104. The van der Waals surface area contributed by atoms with Crippen molar-refractivity contribution in [3.8, 4) is 11.3 Å². The number of aliphatic hydroxyl groups is 1. The van der Waals surface area contributed by atoms with E-state index in [-0.39, 0.29) is 12.4 Å². The molecule has 0 saturated carbocycles. The number of aliphatic hydroxyl groups excluding tert-OH is 1. The van der Waals surface area contributed by atoms with Crippen molar-refractivity contribution in [3.05, 3.63) is 41.5 Å². The van der Waals surface area contributed by atoms with Crippen LogP contribution < -0.4 is 10.2 Å². The Bertz CT molecular complexity index is 1170. The van der Waals surface area contributed by atoms with Gasteiger partial charge < -0.3 is 19.8 Å². The molecule has 2 aromatic carbocycles. The molecule has 1 atom stereocenters. The monoisotopic (exact) mass is 448 g/mol. The van der Waals surface area contributed by atoms with Gasteiger partial charge in [0, 0.05) is 49.5 Å². The molecule has 0 unspecified atom stereocenters. The fraction of sp³-hybridized carbons (Fsp3) is 0.462. The fourth-order valence-electron chi connectivity index (χ4n) is 5.25. The highest BCUT2D eigenvalue weighted by molar-refractivity contribution is 6.28. The van der Waals surface area contributed by atoms with Gasteiger partial charge in [-0.25, -0.2) is 0 Å². The average molecular weight is 449 g/mol. The van der Waals surface area contributed by atoms with Gasteiger partial charge in [-0.1, -0.05) is 43.3 Å². The zero-order chi connectivity index (χ0) is 22.9. The predicted molar refractivity (Wildman–Crippen MR) is 131 cm³/mol. The molecule has 0 bridgehead atoms. The number of fused-ring (bicyclic) bond motifs is 2.